The fraction of sp³-hybridized carbons (Fsp3) is 0.500. The van der Waals surface area contributed by atoms with E-state index in [1.807, 2.05) is 19.1 Å². The third-order valence-corrected chi connectivity index (χ3v) is 2.76. The van der Waals surface area contributed by atoms with E-state index in [1.54, 1.807) is 6.66 Å². The van der Waals surface area contributed by atoms with Crippen molar-refractivity contribution in [1.82, 2.24) is 0 Å². The Balaban J connectivity index is 2.87. The SMILES string of the molecule is CCCCc1cccc(C)c1OP(C)O. The van der Waals surface area contributed by atoms with E-state index >= 15 is 0 Å². The van der Waals surface area contributed by atoms with Crippen LogP contribution in [0.2, 0.25) is 0 Å². The molecule has 0 amide bonds. The molecule has 0 saturated heterocycles. The summed E-state index contributed by atoms with van der Waals surface area (Å²) in [7, 11) is -1.32. The lowest BCUT2D eigenvalue weighted by Gasteiger charge is -2.14. The fourth-order valence-corrected chi connectivity index (χ4v) is 2.07. The smallest absolute Gasteiger partial charge is 0.224 e. The van der Waals surface area contributed by atoms with Gasteiger partial charge >= 0.3 is 0 Å². The molecule has 0 aliphatic rings. The van der Waals surface area contributed by atoms with E-state index < -0.39 is 8.38 Å². The van der Waals surface area contributed by atoms with Gasteiger partial charge in [-0.3, -0.25) is 0 Å². The highest BCUT2D eigenvalue weighted by atomic mass is 31.2. The molecule has 1 rings (SSSR count). The summed E-state index contributed by atoms with van der Waals surface area (Å²) in [5.74, 6) is 0.877. The summed E-state index contributed by atoms with van der Waals surface area (Å²) in [6, 6.07) is 6.14. The van der Waals surface area contributed by atoms with Crippen LogP contribution in [-0.4, -0.2) is 11.6 Å². The lowest BCUT2D eigenvalue weighted by atomic mass is 10.0. The minimum absolute atomic E-state index is 0.877. The Morgan fingerprint density at radius 3 is 2.73 bits per heavy atom. The van der Waals surface area contributed by atoms with E-state index in [-0.39, 0.29) is 0 Å². The van der Waals surface area contributed by atoms with Crippen molar-refractivity contribution in [3.8, 4) is 5.75 Å². The van der Waals surface area contributed by atoms with Crippen LogP contribution in [0.25, 0.3) is 0 Å². The molecular weight excluding hydrogens is 207 g/mol. The number of para-hydroxylation sites is 1. The Morgan fingerprint density at radius 1 is 1.40 bits per heavy atom. The second kappa shape index (κ2) is 6.09. The van der Waals surface area contributed by atoms with Crippen molar-refractivity contribution in [2.75, 3.05) is 6.66 Å². The van der Waals surface area contributed by atoms with Gasteiger partial charge in [-0.25, -0.2) is 0 Å². The van der Waals surface area contributed by atoms with Gasteiger partial charge in [-0.05, 0) is 30.9 Å². The number of rotatable bonds is 5. The maximum atomic E-state index is 9.32. The minimum Gasteiger partial charge on any atom is -0.447 e. The average molecular weight is 226 g/mol. The van der Waals surface area contributed by atoms with E-state index in [4.69, 9.17) is 4.52 Å². The molecule has 1 N–H and O–H groups in total. The van der Waals surface area contributed by atoms with Crippen molar-refractivity contribution in [2.24, 2.45) is 0 Å². The second-order valence-electron chi connectivity index (χ2n) is 3.72. The Morgan fingerprint density at radius 2 is 2.13 bits per heavy atom. The Labute approximate surface area is 93.2 Å². The Kier molecular flexibility index (Phi) is 5.07. The lowest BCUT2D eigenvalue weighted by Crippen LogP contribution is -1.95. The van der Waals surface area contributed by atoms with Gasteiger partial charge in [-0.15, -0.1) is 0 Å². The molecule has 2 nitrogen and oxygen atoms in total. The van der Waals surface area contributed by atoms with Crippen LogP contribution < -0.4 is 4.52 Å². The molecule has 0 spiro atoms. The molecule has 15 heavy (non-hydrogen) atoms. The van der Waals surface area contributed by atoms with Crippen LogP contribution in [0.3, 0.4) is 0 Å². The van der Waals surface area contributed by atoms with Gasteiger partial charge in [-0.2, -0.15) is 0 Å². The zero-order valence-corrected chi connectivity index (χ0v) is 10.6. The lowest BCUT2D eigenvalue weighted by molar-refractivity contribution is 0.487. The maximum Gasteiger partial charge on any atom is 0.224 e. The standard InChI is InChI=1S/C12H19O2P/c1-4-5-8-11-9-6-7-10(2)12(11)14-15(3)13/h6-7,9,13H,4-5,8H2,1-3H3. The summed E-state index contributed by atoms with van der Waals surface area (Å²) in [5.41, 5.74) is 2.31. The molecule has 0 aliphatic heterocycles. The first-order valence-corrected chi connectivity index (χ1v) is 7.00. The fourth-order valence-electron chi connectivity index (χ4n) is 1.54. The van der Waals surface area contributed by atoms with E-state index in [9.17, 15) is 4.89 Å². The Hall–Kier alpha value is -0.590. The summed E-state index contributed by atoms with van der Waals surface area (Å²) in [6.07, 6.45) is 3.36. The number of unbranched alkanes of at least 4 members (excludes halogenated alkanes) is 1. The first-order valence-electron chi connectivity index (χ1n) is 5.34. The Bertz CT molecular complexity index is 310. The zero-order valence-electron chi connectivity index (χ0n) is 9.66. The van der Waals surface area contributed by atoms with Crippen molar-refractivity contribution >= 4 is 8.38 Å². The summed E-state index contributed by atoms with van der Waals surface area (Å²) >= 11 is 0. The van der Waals surface area contributed by atoms with Crippen molar-refractivity contribution in [1.29, 1.82) is 0 Å². The van der Waals surface area contributed by atoms with Gasteiger partial charge in [0.15, 0.2) is 0 Å². The van der Waals surface area contributed by atoms with E-state index in [0.717, 1.165) is 24.2 Å². The van der Waals surface area contributed by atoms with Crippen molar-refractivity contribution in [3.05, 3.63) is 29.3 Å². The van der Waals surface area contributed by atoms with Crippen LogP contribution in [-0.2, 0) is 6.42 Å². The molecule has 0 bridgehead atoms. The molecule has 0 radical (unpaired) electrons. The number of hydrogen-bond donors (Lipinski definition) is 1. The highest BCUT2D eigenvalue weighted by Gasteiger charge is 2.09. The van der Waals surface area contributed by atoms with E-state index in [2.05, 4.69) is 13.0 Å². The molecule has 0 saturated carbocycles. The topological polar surface area (TPSA) is 29.5 Å². The largest absolute Gasteiger partial charge is 0.447 e. The first kappa shape index (κ1) is 12.5. The molecule has 0 heterocycles. The van der Waals surface area contributed by atoms with E-state index in [0.29, 0.717) is 0 Å². The predicted octanol–water partition coefficient (Wildman–Crippen LogP) is 3.65. The van der Waals surface area contributed by atoms with Crippen LogP contribution in [0.1, 0.15) is 30.9 Å². The van der Waals surface area contributed by atoms with Crippen LogP contribution in [0.4, 0.5) is 0 Å². The molecule has 1 unspecified atom stereocenters. The molecule has 1 aromatic rings. The summed E-state index contributed by atoms with van der Waals surface area (Å²) in [5, 5.41) is 0. The molecule has 1 aromatic carbocycles. The van der Waals surface area contributed by atoms with Gasteiger partial charge in [0.2, 0.25) is 8.38 Å². The van der Waals surface area contributed by atoms with Crippen molar-refractivity contribution in [3.63, 3.8) is 0 Å². The molecule has 0 fully saturated rings. The molecule has 0 aromatic heterocycles. The van der Waals surface area contributed by atoms with Gasteiger partial charge < -0.3 is 9.42 Å². The van der Waals surface area contributed by atoms with Gasteiger partial charge in [0, 0.05) is 6.66 Å². The second-order valence-corrected chi connectivity index (χ2v) is 4.83. The van der Waals surface area contributed by atoms with Crippen LogP contribution >= 0.6 is 8.38 Å². The zero-order chi connectivity index (χ0) is 11.3. The maximum absolute atomic E-state index is 9.32. The van der Waals surface area contributed by atoms with Crippen molar-refractivity contribution < 1.29 is 9.42 Å². The van der Waals surface area contributed by atoms with Gasteiger partial charge in [0.05, 0.1) is 0 Å². The summed E-state index contributed by atoms with van der Waals surface area (Å²) in [6.45, 7) is 5.89. The molecule has 3 heteroatoms. The van der Waals surface area contributed by atoms with Gasteiger partial charge in [-0.1, -0.05) is 31.5 Å². The molecule has 0 aliphatic carbocycles. The quantitative estimate of drug-likeness (QED) is 0.776. The van der Waals surface area contributed by atoms with Gasteiger partial charge in [0.25, 0.3) is 0 Å². The van der Waals surface area contributed by atoms with E-state index in [1.165, 1.54) is 12.0 Å². The van der Waals surface area contributed by atoms with Crippen LogP contribution in [0.5, 0.6) is 5.75 Å². The summed E-state index contributed by atoms with van der Waals surface area (Å²) in [4.78, 5) is 9.32. The van der Waals surface area contributed by atoms with Gasteiger partial charge in [0.1, 0.15) is 5.75 Å². The highest BCUT2D eigenvalue weighted by molar-refractivity contribution is 7.45. The van der Waals surface area contributed by atoms with Crippen LogP contribution in [0.15, 0.2) is 18.2 Å². The molecule has 1 atom stereocenters. The monoisotopic (exact) mass is 226 g/mol. The third-order valence-electron chi connectivity index (χ3n) is 2.32. The number of aryl methyl sites for hydroxylation is 2. The third kappa shape index (κ3) is 3.81. The van der Waals surface area contributed by atoms with Crippen LogP contribution in [0, 0.1) is 6.92 Å². The number of benzene rings is 1. The molecule has 84 valence electrons. The molecular formula is C12H19O2P. The number of hydrogen-bond acceptors (Lipinski definition) is 2. The minimum atomic E-state index is -1.32. The van der Waals surface area contributed by atoms with Crippen molar-refractivity contribution in [2.45, 2.75) is 33.1 Å². The first-order chi connectivity index (χ1) is 7.15. The predicted molar refractivity (Wildman–Crippen MR) is 65.5 cm³/mol. The normalized spacial score (nSPS) is 12.5. The average Bonchev–Trinajstić information content (AvgIpc) is 2.18. The highest BCUT2D eigenvalue weighted by Crippen LogP contribution is 2.35. The summed E-state index contributed by atoms with van der Waals surface area (Å²) < 4.78 is 5.49.